The smallest absolute Gasteiger partial charge is 0.127 e. The van der Waals surface area contributed by atoms with E-state index in [1.165, 1.54) is 85.6 Å². The number of benzene rings is 3. The predicted octanol–water partition coefficient (Wildman–Crippen LogP) is 11.5. The van der Waals surface area contributed by atoms with Crippen LogP contribution >= 0.6 is 0 Å². The summed E-state index contributed by atoms with van der Waals surface area (Å²) in [6.07, 6.45) is 11.3. The van der Waals surface area contributed by atoms with Crippen LogP contribution in [0.4, 0.5) is 0 Å². The molecule has 1 N–H and O–H groups in total. The summed E-state index contributed by atoms with van der Waals surface area (Å²) in [6, 6.07) is 20.7. The summed E-state index contributed by atoms with van der Waals surface area (Å²) < 4.78 is 0. The van der Waals surface area contributed by atoms with Gasteiger partial charge in [-0.2, -0.15) is 0 Å². The van der Waals surface area contributed by atoms with Gasteiger partial charge in [0.25, 0.3) is 0 Å². The molecule has 210 valence electrons. The molecule has 0 amide bonds. The Morgan fingerprint density at radius 2 is 1.23 bits per heavy atom. The molecule has 0 fully saturated rings. The maximum absolute atomic E-state index is 11.7. The molecule has 1 aliphatic rings. The maximum Gasteiger partial charge on any atom is 0.127 e. The molecule has 0 bridgehead atoms. The molecule has 0 spiro atoms. The van der Waals surface area contributed by atoms with Crippen molar-refractivity contribution in [1.82, 2.24) is 0 Å². The van der Waals surface area contributed by atoms with Crippen molar-refractivity contribution < 1.29 is 5.11 Å². The zero-order valence-corrected chi connectivity index (χ0v) is 26.0. The Balaban J connectivity index is 1.93. The van der Waals surface area contributed by atoms with Gasteiger partial charge in [0.15, 0.2) is 0 Å². The van der Waals surface area contributed by atoms with Gasteiger partial charge in [-0.3, -0.25) is 0 Å². The van der Waals surface area contributed by atoms with Crippen LogP contribution < -0.4 is 0 Å². The Morgan fingerprint density at radius 3 is 1.87 bits per heavy atom. The lowest BCUT2D eigenvalue weighted by Gasteiger charge is -2.33. The minimum absolute atomic E-state index is 0.00139. The van der Waals surface area contributed by atoms with Crippen molar-refractivity contribution in [2.75, 3.05) is 0 Å². The van der Waals surface area contributed by atoms with Gasteiger partial charge in [-0.25, -0.2) is 0 Å². The van der Waals surface area contributed by atoms with E-state index in [2.05, 4.69) is 110 Å². The third-order valence-corrected chi connectivity index (χ3v) is 9.03. The van der Waals surface area contributed by atoms with E-state index < -0.39 is 0 Å². The normalized spacial score (nSPS) is 16.8. The van der Waals surface area contributed by atoms with E-state index in [1.807, 2.05) is 0 Å². The topological polar surface area (TPSA) is 20.2 Å². The van der Waals surface area contributed by atoms with Gasteiger partial charge in [0.05, 0.1) is 0 Å². The molecule has 0 radical (unpaired) electrons. The second-order valence-corrected chi connectivity index (χ2v) is 14.1. The minimum atomic E-state index is -0.143. The fourth-order valence-electron chi connectivity index (χ4n) is 6.68. The van der Waals surface area contributed by atoms with Crippen LogP contribution in [0.3, 0.4) is 0 Å². The summed E-state index contributed by atoms with van der Waals surface area (Å²) in [5.41, 5.74) is 10.1. The highest BCUT2D eigenvalue weighted by molar-refractivity contribution is 5.85. The molecule has 0 aromatic heterocycles. The van der Waals surface area contributed by atoms with E-state index in [0.29, 0.717) is 5.75 Å². The second kappa shape index (κ2) is 11.5. The van der Waals surface area contributed by atoms with Crippen LogP contribution in [0.15, 0.2) is 54.6 Å². The number of phenolic OH excluding ortho intramolecular Hbond substituents is 1. The molecule has 0 heterocycles. The number of fused-ring (bicyclic) bond motifs is 3. The van der Waals surface area contributed by atoms with Crippen molar-refractivity contribution in [1.29, 1.82) is 0 Å². The molecule has 1 atom stereocenters. The van der Waals surface area contributed by atoms with Gasteiger partial charge in [0.2, 0.25) is 0 Å². The molecule has 1 unspecified atom stereocenters. The number of hydrogen-bond acceptors (Lipinski definition) is 1. The quantitative estimate of drug-likeness (QED) is 0.261. The number of aromatic hydroxyl groups is 1. The van der Waals surface area contributed by atoms with Crippen LogP contribution in [0.5, 0.6) is 5.75 Å². The average molecular weight is 525 g/mol. The van der Waals surface area contributed by atoms with E-state index in [0.717, 1.165) is 16.7 Å². The lowest BCUT2D eigenvalue weighted by Crippen LogP contribution is -2.25. The Hall–Kier alpha value is -2.54. The summed E-state index contributed by atoms with van der Waals surface area (Å²) in [5, 5.41) is 11.7. The van der Waals surface area contributed by atoms with E-state index in [1.54, 1.807) is 0 Å². The Labute approximate surface area is 239 Å². The zero-order valence-electron chi connectivity index (χ0n) is 26.0. The van der Waals surface area contributed by atoms with Gasteiger partial charge < -0.3 is 5.11 Å². The summed E-state index contributed by atoms with van der Waals surface area (Å²) in [6.45, 7) is 18.0. The Kier molecular flexibility index (Phi) is 8.70. The second-order valence-electron chi connectivity index (χ2n) is 14.1. The molecule has 1 heteroatoms. The lowest BCUT2D eigenvalue weighted by atomic mass is 9.70. The first kappa shape index (κ1) is 29.4. The molecule has 3 aromatic carbocycles. The molecular weight excluding hydrogens is 472 g/mol. The summed E-state index contributed by atoms with van der Waals surface area (Å²) >= 11 is 0. The van der Waals surface area contributed by atoms with Crippen LogP contribution in [-0.4, -0.2) is 5.11 Å². The van der Waals surface area contributed by atoms with Crippen molar-refractivity contribution in [3.05, 3.63) is 76.9 Å². The third-order valence-electron chi connectivity index (χ3n) is 9.03. The first-order valence-electron chi connectivity index (χ1n) is 15.6. The molecule has 39 heavy (non-hydrogen) atoms. The SMILES string of the molecule is CCCCCCC1(CCCCC)c2ccccc2-c2ccc(-c3cc(C(C)(C)C)cc(C(C)(C)C)c3O)cc21. The van der Waals surface area contributed by atoms with Crippen LogP contribution in [0, 0.1) is 0 Å². The van der Waals surface area contributed by atoms with Crippen LogP contribution in [0.25, 0.3) is 22.3 Å². The molecule has 1 aliphatic carbocycles. The van der Waals surface area contributed by atoms with Crippen LogP contribution in [0.2, 0.25) is 0 Å². The standard InChI is InChI=1S/C38H52O/c1-9-11-13-17-23-38(22-16-12-10-2)32-19-15-14-18-29(32)30-21-20-27(24-33(30)38)31-25-28(36(3,4)5)26-34(35(31)39)37(6,7)8/h14-15,18-21,24-26,39H,9-13,16-17,22-23H2,1-8H3. The number of phenols is 1. The fourth-order valence-corrected chi connectivity index (χ4v) is 6.68. The van der Waals surface area contributed by atoms with Crippen LogP contribution in [0.1, 0.15) is 135 Å². The fraction of sp³-hybridized carbons (Fsp3) is 0.526. The Bertz CT molecular complexity index is 1280. The monoisotopic (exact) mass is 524 g/mol. The van der Waals surface area contributed by atoms with Gasteiger partial charge in [-0.1, -0.05) is 143 Å². The van der Waals surface area contributed by atoms with Gasteiger partial charge in [-0.15, -0.1) is 0 Å². The van der Waals surface area contributed by atoms with E-state index in [9.17, 15) is 5.11 Å². The molecule has 0 aliphatic heterocycles. The highest BCUT2D eigenvalue weighted by atomic mass is 16.3. The van der Waals surface area contributed by atoms with Gasteiger partial charge in [0.1, 0.15) is 5.75 Å². The lowest BCUT2D eigenvalue weighted by molar-refractivity contribution is 0.403. The molecule has 3 aromatic rings. The van der Waals surface area contributed by atoms with Crippen molar-refractivity contribution in [2.45, 2.75) is 129 Å². The van der Waals surface area contributed by atoms with Crippen molar-refractivity contribution >= 4 is 0 Å². The number of unbranched alkanes of at least 4 members (excludes halogenated alkanes) is 5. The molecule has 0 saturated heterocycles. The van der Waals surface area contributed by atoms with Crippen molar-refractivity contribution in [3.8, 4) is 28.0 Å². The van der Waals surface area contributed by atoms with Gasteiger partial charge in [-0.05, 0) is 69.2 Å². The maximum atomic E-state index is 11.7. The molecule has 4 rings (SSSR count). The number of rotatable bonds is 10. The molecule has 1 nitrogen and oxygen atoms in total. The van der Waals surface area contributed by atoms with Gasteiger partial charge >= 0.3 is 0 Å². The average Bonchev–Trinajstić information content (AvgIpc) is 3.15. The van der Waals surface area contributed by atoms with Crippen LogP contribution in [-0.2, 0) is 16.2 Å². The molecule has 0 saturated carbocycles. The highest BCUT2D eigenvalue weighted by Gasteiger charge is 2.42. The van der Waals surface area contributed by atoms with Gasteiger partial charge in [0, 0.05) is 16.5 Å². The highest BCUT2D eigenvalue weighted by Crippen LogP contribution is 2.55. The van der Waals surface area contributed by atoms with E-state index in [4.69, 9.17) is 0 Å². The minimum Gasteiger partial charge on any atom is -0.507 e. The summed E-state index contributed by atoms with van der Waals surface area (Å²) in [4.78, 5) is 0. The third kappa shape index (κ3) is 5.84. The summed E-state index contributed by atoms with van der Waals surface area (Å²) in [5.74, 6) is 0.436. The largest absolute Gasteiger partial charge is 0.507 e. The first-order valence-corrected chi connectivity index (χ1v) is 15.6. The first-order chi connectivity index (χ1) is 18.4. The number of hydrogen-bond donors (Lipinski definition) is 1. The van der Waals surface area contributed by atoms with Crippen molar-refractivity contribution in [2.24, 2.45) is 0 Å². The van der Waals surface area contributed by atoms with E-state index in [-0.39, 0.29) is 16.2 Å². The van der Waals surface area contributed by atoms with Crippen molar-refractivity contribution in [3.63, 3.8) is 0 Å². The molecular formula is C38H52O. The zero-order chi connectivity index (χ0) is 28.4. The summed E-state index contributed by atoms with van der Waals surface area (Å²) in [7, 11) is 0. The predicted molar refractivity (Wildman–Crippen MR) is 170 cm³/mol. The Morgan fingerprint density at radius 1 is 0.615 bits per heavy atom. The van der Waals surface area contributed by atoms with E-state index >= 15 is 0 Å².